The first kappa shape index (κ1) is 19.6. The van der Waals surface area contributed by atoms with Crippen molar-refractivity contribution in [3.8, 4) is 28.3 Å². The van der Waals surface area contributed by atoms with Gasteiger partial charge in [0.1, 0.15) is 5.75 Å². The normalized spacial score (nSPS) is 10.6. The Hall–Kier alpha value is -3.12. The van der Waals surface area contributed by atoms with Gasteiger partial charge in [0.15, 0.2) is 0 Å². The first-order valence-corrected chi connectivity index (χ1v) is 9.37. The monoisotopic (exact) mass is 379 g/mol. The average Bonchev–Trinajstić information content (AvgIpc) is 3.24. The molecule has 1 amide bonds. The van der Waals surface area contributed by atoms with Gasteiger partial charge >= 0.3 is 0 Å². The van der Waals surface area contributed by atoms with Crippen molar-refractivity contribution in [3.63, 3.8) is 0 Å². The van der Waals surface area contributed by atoms with Gasteiger partial charge in [-0.2, -0.15) is 5.10 Å². The molecule has 3 rings (SSSR count). The summed E-state index contributed by atoms with van der Waals surface area (Å²) in [5, 5.41) is 10.3. The fourth-order valence-electron chi connectivity index (χ4n) is 2.82. The van der Waals surface area contributed by atoms with E-state index in [0.717, 1.165) is 34.7 Å². The van der Waals surface area contributed by atoms with Gasteiger partial charge in [-0.3, -0.25) is 9.89 Å². The lowest BCUT2D eigenvalue weighted by Crippen LogP contribution is -2.25. The largest absolute Gasteiger partial charge is 0.497 e. The van der Waals surface area contributed by atoms with Gasteiger partial charge < -0.3 is 14.8 Å². The number of amides is 1. The van der Waals surface area contributed by atoms with Crippen LogP contribution in [0.5, 0.6) is 5.75 Å². The molecule has 0 aliphatic rings. The number of hydrogen-bond donors (Lipinski definition) is 2. The highest BCUT2D eigenvalue weighted by Crippen LogP contribution is 2.26. The highest BCUT2D eigenvalue weighted by molar-refractivity contribution is 5.94. The van der Waals surface area contributed by atoms with Gasteiger partial charge in [0.25, 0.3) is 5.91 Å². The number of ether oxygens (including phenoxy) is 2. The predicted octanol–water partition coefficient (Wildman–Crippen LogP) is 3.91. The molecule has 0 atom stereocenters. The van der Waals surface area contributed by atoms with Crippen LogP contribution in [0.2, 0.25) is 0 Å². The molecule has 0 fully saturated rings. The zero-order chi connectivity index (χ0) is 19.8. The maximum atomic E-state index is 12.2. The van der Waals surface area contributed by atoms with Crippen molar-refractivity contribution >= 4 is 5.91 Å². The fourth-order valence-corrected chi connectivity index (χ4v) is 2.82. The maximum Gasteiger partial charge on any atom is 0.251 e. The van der Waals surface area contributed by atoms with Gasteiger partial charge in [0, 0.05) is 30.9 Å². The van der Waals surface area contributed by atoms with Gasteiger partial charge in [-0.25, -0.2) is 0 Å². The zero-order valence-corrected chi connectivity index (χ0v) is 16.2. The van der Waals surface area contributed by atoms with E-state index in [4.69, 9.17) is 9.47 Å². The Labute approximate surface area is 164 Å². The molecule has 146 valence electrons. The number of methoxy groups -OCH3 is 1. The van der Waals surface area contributed by atoms with Gasteiger partial charge in [-0.1, -0.05) is 24.3 Å². The molecule has 0 radical (unpaired) electrons. The Bertz CT molecular complexity index is 903. The van der Waals surface area contributed by atoms with Crippen molar-refractivity contribution in [3.05, 3.63) is 60.2 Å². The molecule has 0 aliphatic carbocycles. The molecule has 6 nitrogen and oxygen atoms in total. The summed E-state index contributed by atoms with van der Waals surface area (Å²) in [5.41, 5.74) is 4.30. The Morgan fingerprint density at radius 3 is 2.68 bits per heavy atom. The summed E-state index contributed by atoms with van der Waals surface area (Å²) in [6.07, 6.45) is 0.804. The minimum atomic E-state index is -0.0790. The van der Waals surface area contributed by atoms with Gasteiger partial charge in [-0.15, -0.1) is 0 Å². The van der Waals surface area contributed by atoms with Crippen molar-refractivity contribution < 1.29 is 14.3 Å². The second-order valence-electron chi connectivity index (χ2n) is 6.28. The lowest BCUT2D eigenvalue weighted by Gasteiger charge is -2.06. The van der Waals surface area contributed by atoms with Crippen molar-refractivity contribution in [2.45, 2.75) is 13.3 Å². The smallest absolute Gasteiger partial charge is 0.251 e. The number of H-pyrrole nitrogens is 1. The molecule has 0 bridgehead atoms. The van der Waals surface area contributed by atoms with Gasteiger partial charge in [0.05, 0.1) is 18.5 Å². The second kappa shape index (κ2) is 9.71. The van der Waals surface area contributed by atoms with Gasteiger partial charge in [-0.05, 0) is 49.2 Å². The van der Waals surface area contributed by atoms with E-state index >= 15 is 0 Å². The zero-order valence-electron chi connectivity index (χ0n) is 16.2. The number of nitrogens with zero attached hydrogens (tertiary/aromatic N) is 1. The van der Waals surface area contributed by atoms with E-state index in [0.29, 0.717) is 25.3 Å². The Kier molecular flexibility index (Phi) is 6.81. The highest BCUT2D eigenvalue weighted by atomic mass is 16.5. The summed E-state index contributed by atoms with van der Waals surface area (Å²) < 4.78 is 10.5. The molecule has 1 aromatic heterocycles. The first-order valence-electron chi connectivity index (χ1n) is 9.37. The van der Waals surface area contributed by atoms with Crippen LogP contribution in [-0.4, -0.2) is 43.0 Å². The Morgan fingerprint density at radius 1 is 1.11 bits per heavy atom. The number of hydrogen-bond acceptors (Lipinski definition) is 4. The van der Waals surface area contributed by atoms with E-state index in [1.54, 1.807) is 7.11 Å². The van der Waals surface area contributed by atoms with E-state index in [1.807, 2.05) is 61.5 Å². The first-order chi connectivity index (χ1) is 13.7. The number of aromatic nitrogens is 2. The molecular formula is C22H25N3O3. The third kappa shape index (κ3) is 4.98. The van der Waals surface area contributed by atoms with Crippen molar-refractivity contribution in [1.29, 1.82) is 0 Å². The van der Waals surface area contributed by atoms with Crippen molar-refractivity contribution in [1.82, 2.24) is 15.5 Å². The standard InChI is InChI=1S/C22H25N3O3/c1-3-28-13-5-12-23-22(26)17-10-8-16(9-11-17)20-15-21(25-24-20)18-6-4-7-19(14-18)27-2/h4,6-11,14-15H,3,5,12-13H2,1-2H3,(H,23,26)(H,24,25). The molecule has 0 spiro atoms. The van der Waals surface area contributed by atoms with E-state index in [9.17, 15) is 4.79 Å². The Morgan fingerprint density at radius 2 is 1.93 bits per heavy atom. The molecule has 0 aliphatic heterocycles. The third-order valence-corrected chi connectivity index (χ3v) is 4.36. The number of carbonyl (C=O) groups is 1. The van der Waals surface area contributed by atoms with Crippen molar-refractivity contribution in [2.24, 2.45) is 0 Å². The van der Waals surface area contributed by atoms with Crippen LogP contribution in [0.15, 0.2) is 54.6 Å². The van der Waals surface area contributed by atoms with Crippen LogP contribution in [0.1, 0.15) is 23.7 Å². The molecule has 6 heteroatoms. The SMILES string of the molecule is CCOCCCNC(=O)c1ccc(-c2cc(-c3cccc(OC)c3)n[nH]2)cc1. The summed E-state index contributed by atoms with van der Waals surface area (Å²) in [5.74, 6) is 0.711. The number of aromatic amines is 1. The molecular weight excluding hydrogens is 354 g/mol. The molecule has 0 saturated heterocycles. The number of rotatable bonds is 9. The van der Waals surface area contributed by atoms with E-state index in [1.165, 1.54) is 0 Å². The molecule has 0 saturated carbocycles. The molecule has 2 aromatic carbocycles. The summed E-state index contributed by atoms with van der Waals surface area (Å²) >= 11 is 0. The minimum absolute atomic E-state index is 0.0790. The van der Waals surface area contributed by atoms with Crippen LogP contribution in [0.4, 0.5) is 0 Å². The van der Waals surface area contributed by atoms with Crippen LogP contribution < -0.4 is 10.1 Å². The molecule has 3 aromatic rings. The summed E-state index contributed by atoms with van der Waals surface area (Å²) in [7, 11) is 1.64. The summed E-state index contributed by atoms with van der Waals surface area (Å²) in [4.78, 5) is 12.2. The van der Waals surface area contributed by atoms with Crippen LogP contribution in [0.25, 0.3) is 22.5 Å². The van der Waals surface area contributed by atoms with Crippen LogP contribution >= 0.6 is 0 Å². The van der Waals surface area contributed by atoms with Crippen LogP contribution in [-0.2, 0) is 4.74 Å². The summed E-state index contributed by atoms with van der Waals surface area (Å²) in [6, 6.07) is 17.2. The van der Waals surface area contributed by atoms with E-state index in [2.05, 4.69) is 15.5 Å². The number of benzene rings is 2. The van der Waals surface area contributed by atoms with Crippen molar-refractivity contribution in [2.75, 3.05) is 26.9 Å². The molecule has 0 unspecified atom stereocenters. The topological polar surface area (TPSA) is 76.2 Å². The lowest BCUT2D eigenvalue weighted by molar-refractivity contribution is 0.0944. The van der Waals surface area contributed by atoms with E-state index < -0.39 is 0 Å². The quantitative estimate of drug-likeness (QED) is 0.553. The maximum absolute atomic E-state index is 12.2. The van der Waals surface area contributed by atoms with Crippen LogP contribution in [0.3, 0.4) is 0 Å². The Balaban J connectivity index is 1.64. The minimum Gasteiger partial charge on any atom is -0.497 e. The molecule has 28 heavy (non-hydrogen) atoms. The molecule has 2 N–H and O–H groups in total. The second-order valence-corrected chi connectivity index (χ2v) is 6.28. The lowest BCUT2D eigenvalue weighted by atomic mass is 10.1. The average molecular weight is 379 g/mol. The number of nitrogens with one attached hydrogen (secondary N) is 2. The molecule has 1 heterocycles. The third-order valence-electron chi connectivity index (χ3n) is 4.36. The van der Waals surface area contributed by atoms with E-state index in [-0.39, 0.29) is 5.91 Å². The van der Waals surface area contributed by atoms with Crippen LogP contribution in [0, 0.1) is 0 Å². The fraction of sp³-hybridized carbons (Fsp3) is 0.273. The summed E-state index contributed by atoms with van der Waals surface area (Å²) in [6.45, 7) is 3.91. The predicted molar refractivity (Wildman–Crippen MR) is 109 cm³/mol. The van der Waals surface area contributed by atoms with Gasteiger partial charge in [0.2, 0.25) is 0 Å². The number of carbonyl (C=O) groups excluding carboxylic acids is 1. The highest BCUT2D eigenvalue weighted by Gasteiger charge is 2.09.